The van der Waals surface area contributed by atoms with Gasteiger partial charge in [-0.2, -0.15) is 0 Å². The summed E-state index contributed by atoms with van der Waals surface area (Å²) in [6.07, 6.45) is 3.23. The van der Waals surface area contributed by atoms with Crippen LogP contribution in [0, 0.1) is 5.92 Å². The third kappa shape index (κ3) is 7.88. The van der Waals surface area contributed by atoms with E-state index in [0.29, 0.717) is 18.5 Å². The number of carbonyl (C=O) groups excluding carboxylic acids is 4. The molecule has 1 aliphatic heterocycles. The highest BCUT2D eigenvalue weighted by Crippen LogP contribution is 2.17. The Morgan fingerprint density at radius 3 is 2.55 bits per heavy atom. The third-order valence-corrected chi connectivity index (χ3v) is 4.66. The maximum Gasteiger partial charge on any atom is 0.408 e. The molecule has 170 valence electrons. The van der Waals surface area contributed by atoms with Gasteiger partial charge in [0.15, 0.2) is 0 Å². The quantitative estimate of drug-likeness (QED) is 0.513. The van der Waals surface area contributed by atoms with Crippen molar-refractivity contribution in [2.24, 2.45) is 5.92 Å². The highest BCUT2D eigenvalue weighted by Gasteiger charge is 2.34. The van der Waals surface area contributed by atoms with Crippen LogP contribution in [0.2, 0.25) is 0 Å². The summed E-state index contributed by atoms with van der Waals surface area (Å²) in [4.78, 5) is 53.5. The highest BCUT2D eigenvalue weighted by molar-refractivity contribution is 5.90. The van der Waals surface area contributed by atoms with Gasteiger partial charge in [0.25, 0.3) is 0 Å². The van der Waals surface area contributed by atoms with E-state index in [1.807, 2.05) is 0 Å². The minimum atomic E-state index is -1.02. The second-order valence-corrected chi connectivity index (χ2v) is 8.36. The molecule has 0 radical (unpaired) electrons. The maximum atomic E-state index is 13.0. The Bertz CT molecular complexity index is 793. The lowest BCUT2D eigenvalue weighted by Gasteiger charge is -2.25. The zero-order valence-corrected chi connectivity index (χ0v) is 18.3. The molecule has 1 unspecified atom stereocenters. The van der Waals surface area contributed by atoms with Crippen LogP contribution in [0.3, 0.4) is 0 Å². The van der Waals surface area contributed by atoms with Gasteiger partial charge in [0.1, 0.15) is 17.7 Å². The van der Waals surface area contributed by atoms with Gasteiger partial charge in [-0.1, -0.05) is 6.07 Å². The molecule has 1 saturated heterocycles. The van der Waals surface area contributed by atoms with Gasteiger partial charge in [-0.05, 0) is 45.2 Å². The number of nitrogens with zero attached hydrogens (tertiary/aromatic N) is 1. The van der Waals surface area contributed by atoms with Crippen LogP contribution in [0.15, 0.2) is 24.5 Å². The van der Waals surface area contributed by atoms with Crippen molar-refractivity contribution in [3.05, 3.63) is 30.1 Å². The number of methoxy groups -OCH3 is 1. The van der Waals surface area contributed by atoms with Crippen LogP contribution in [0.4, 0.5) is 4.79 Å². The number of amides is 3. The van der Waals surface area contributed by atoms with Crippen LogP contribution in [0.1, 0.15) is 39.2 Å². The summed E-state index contributed by atoms with van der Waals surface area (Å²) in [6.45, 7) is 5.66. The second kappa shape index (κ2) is 10.7. The number of aromatic nitrogens is 1. The van der Waals surface area contributed by atoms with Crippen LogP contribution in [-0.4, -0.2) is 60.2 Å². The van der Waals surface area contributed by atoms with Crippen molar-refractivity contribution >= 4 is 23.9 Å². The number of rotatable bonds is 8. The number of carbonyl (C=O) groups is 4. The van der Waals surface area contributed by atoms with Crippen LogP contribution in [0.5, 0.6) is 0 Å². The number of alkyl carbamates (subject to hydrolysis) is 1. The monoisotopic (exact) mass is 434 g/mol. The Balaban J connectivity index is 2.14. The van der Waals surface area contributed by atoms with Crippen LogP contribution >= 0.6 is 0 Å². The van der Waals surface area contributed by atoms with Crippen LogP contribution in [-0.2, 0) is 30.3 Å². The molecule has 0 aromatic carbocycles. The molecule has 3 amide bonds. The molecule has 2 rings (SSSR count). The van der Waals surface area contributed by atoms with E-state index in [2.05, 4.69) is 20.9 Å². The van der Waals surface area contributed by atoms with Crippen molar-refractivity contribution in [3.63, 3.8) is 0 Å². The van der Waals surface area contributed by atoms with E-state index in [-0.39, 0.29) is 18.7 Å². The molecular formula is C21H30N4O6. The van der Waals surface area contributed by atoms with E-state index in [9.17, 15) is 19.2 Å². The molecule has 31 heavy (non-hydrogen) atoms. The third-order valence-electron chi connectivity index (χ3n) is 4.66. The molecule has 0 spiro atoms. The van der Waals surface area contributed by atoms with E-state index < -0.39 is 41.6 Å². The average molecular weight is 434 g/mol. The van der Waals surface area contributed by atoms with Gasteiger partial charge in [0.2, 0.25) is 11.8 Å². The summed E-state index contributed by atoms with van der Waals surface area (Å²) < 4.78 is 10.1. The lowest BCUT2D eigenvalue weighted by Crippen LogP contribution is -2.53. The Kier molecular flexibility index (Phi) is 8.35. The van der Waals surface area contributed by atoms with Gasteiger partial charge < -0.3 is 25.4 Å². The zero-order chi connectivity index (χ0) is 23.0. The second-order valence-electron chi connectivity index (χ2n) is 8.36. The Morgan fingerprint density at radius 1 is 1.26 bits per heavy atom. The minimum Gasteiger partial charge on any atom is -0.467 e. The van der Waals surface area contributed by atoms with Crippen molar-refractivity contribution < 1.29 is 28.7 Å². The molecule has 1 aromatic rings. The molecule has 3 N–H and O–H groups in total. The van der Waals surface area contributed by atoms with Crippen LogP contribution in [0.25, 0.3) is 0 Å². The molecule has 0 saturated carbocycles. The summed E-state index contributed by atoms with van der Waals surface area (Å²) in [5.41, 5.74) is -0.0347. The summed E-state index contributed by atoms with van der Waals surface area (Å²) in [6, 6.07) is 1.44. The summed E-state index contributed by atoms with van der Waals surface area (Å²) in [7, 11) is 1.21. The number of ether oxygens (including phenoxy) is 2. The molecule has 1 aromatic heterocycles. The van der Waals surface area contributed by atoms with Crippen molar-refractivity contribution in [2.45, 2.75) is 57.7 Å². The molecule has 2 heterocycles. The fraction of sp³-hybridized carbons (Fsp3) is 0.571. The van der Waals surface area contributed by atoms with E-state index in [0.717, 1.165) is 0 Å². The Hall–Kier alpha value is -3.17. The molecule has 1 fully saturated rings. The smallest absolute Gasteiger partial charge is 0.408 e. The molecule has 3 atom stereocenters. The Labute approximate surface area is 181 Å². The lowest BCUT2D eigenvalue weighted by atomic mass is 9.97. The molecular weight excluding hydrogens is 404 g/mol. The van der Waals surface area contributed by atoms with E-state index in [1.165, 1.54) is 7.11 Å². The van der Waals surface area contributed by atoms with E-state index >= 15 is 0 Å². The normalized spacial score (nSPS) is 17.8. The SMILES string of the molecule is COC(=O)[C@H](C[C@@H]1CCNC1=O)NC(=O)C(Cc1cccnc1)NC(=O)OC(C)(C)C. The minimum absolute atomic E-state index is 0.107. The molecule has 1 aliphatic rings. The number of nitrogens with one attached hydrogen (secondary N) is 3. The fourth-order valence-corrected chi connectivity index (χ4v) is 3.20. The first-order valence-electron chi connectivity index (χ1n) is 10.1. The summed E-state index contributed by atoms with van der Waals surface area (Å²) >= 11 is 0. The molecule has 10 heteroatoms. The predicted molar refractivity (Wildman–Crippen MR) is 111 cm³/mol. The highest BCUT2D eigenvalue weighted by atomic mass is 16.6. The van der Waals surface area contributed by atoms with Gasteiger partial charge in [-0.15, -0.1) is 0 Å². The molecule has 10 nitrogen and oxygen atoms in total. The van der Waals surface area contributed by atoms with Gasteiger partial charge in [0, 0.05) is 31.3 Å². The first kappa shape index (κ1) is 24.1. The van der Waals surface area contributed by atoms with Gasteiger partial charge in [0.05, 0.1) is 7.11 Å². The first-order valence-corrected chi connectivity index (χ1v) is 10.1. The van der Waals surface area contributed by atoms with E-state index in [1.54, 1.807) is 45.3 Å². The first-order chi connectivity index (χ1) is 14.6. The Morgan fingerprint density at radius 2 is 2.00 bits per heavy atom. The molecule has 0 bridgehead atoms. The van der Waals surface area contributed by atoms with Crippen molar-refractivity contribution in [1.29, 1.82) is 0 Å². The predicted octanol–water partition coefficient (Wildman–Crippen LogP) is 0.701. The standard InChI is InChI=1S/C21H30N4O6/c1-21(2,3)31-20(29)25-15(10-13-6-5-8-22-12-13)18(27)24-16(19(28)30-4)11-14-7-9-23-17(14)26/h5-6,8,12,14-16H,7,9-11H2,1-4H3,(H,23,26)(H,24,27)(H,25,29)/t14-,15?,16-/m0/s1. The summed E-state index contributed by atoms with van der Waals surface area (Å²) in [5, 5.41) is 7.88. The summed E-state index contributed by atoms with van der Waals surface area (Å²) in [5.74, 6) is -1.82. The van der Waals surface area contributed by atoms with Crippen molar-refractivity contribution in [1.82, 2.24) is 20.9 Å². The maximum absolute atomic E-state index is 13.0. The van der Waals surface area contributed by atoms with Gasteiger partial charge in [-0.3, -0.25) is 14.6 Å². The van der Waals surface area contributed by atoms with Crippen molar-refractivity contribution in [2.75, 3.05) is 13.7 Å². The van der Waals surface area contributed by atoms with Crippen LogP contribution < -0.4 is 16.0 Å². The number of hydrogen-bond acceptors (Lipinski definition) is 7. The molecule has 0 aliphatic carbocycles. The number of pyridine rings is 1. The van der Waals surface area contributed by atoms with Gasteiger partial charge in [-0.25, -0.2) is 9.59 Å². The van der Waals surface area contributed by atoms with Gasteiger partial charge >= 0.3 is 12.1 Å². The fourth-order valence-electron chi connectivity index (χ4n) is 3.20. The number of hydrogen-bond donors (Lipinski definition) is 3. The largest absolute Gasteiger partial charge is 0.467 e. The van der Waals surface area contributed by atoms with Crippen molar-refractivity contribution in [3.8, 4) is 0 Å². The number of esters is 1. The van der Waals surface area contributed by atoms with E-state index in [4.69, 9.17) is 9.47 Å². The lowest BCUT2D eigenvalue weighted by molar-refractivity contribution is -0.146. The average Bonchev–Trinajstić information content (AvgIpc) is 3.10. The zero-order valence-electron chi connectivity index (χ0n) is 18.3. The topological polar surface area (TPSA) is 136 Å².